The van der Waals surface area contributed by atoms with Gasteiger partial charge in [-0.05, 0) is 48.7 Å². The Balaban J connectivity index is 1.90. The molecule has 1 saturated heterocycles. The van der Waals surface area contributed by atoms with E-state index < -0.39 is 10.0 Å². The van der Waals surface area contributed by atoms with Crippen molar-refractivity contribution in [1.29, 1.82) is 0 Å². The number of carbonyl (C=O) groups excluding carboxylic acids is 1. The van der Waals surface area contributed by atoms with Gasteiger partial charge < -0.3 is 14.4 Å². The van der Waals surface area contributed by atoms with Crippen molar-refractivity contribution in [3.05, 3.63) is 48.0 Å². The maximum absolute atomic E-state index is 13.1. The Bertz CT molecular complexity index is 973. The van der Waals surface area contributed by atoms with E-state index >= 15 is 0 Å². The number of benzene rings is 2. The maximum atomic E-state index is 13.1. The van der Waals surface area contributed by atoms with Gasteiger partial charge in [0, 0.05) is 19.0 Å². The van der Waals surface area contributed by atoms with Gasteiger partial charge in [-0.1, -0.05) is 19.1 Å². The number of ether oxygens (including phenoxy) is 2. The van der Waals surface area contributed by atoms with Crippen molar-refractivity contribution in [3.8, 4) is 11.5 Å². The van der Waals surface area contributed by atoms with Crippen LogP contribution in [-0.4, -0.2) is 35.1 Å². The van der Waals surface area contributed by atoms with Crippen LogP contribution in [0.1, 0.15) is 37.8 Å². The van der Waals surface area contributed by atoms with E-state index in [4.69, 9.17) is 9.47 Å². The predicted molar refractivity (Wildman–Crippen MR) is 111 cm³/mol. The molecule has 156 valence electrons. The van der Waals surface area contributed by atoms with Gasteiger partial charge in [0.05, 0.1) is 24.8 Å². The molecular formula is C21H26N2O5S. The van der Waals surface area contributed by atoms with Crippen molar-refractivity contribution < 1.29 is 22.7 Å². The molecule has 0 unspecified atom stereocenters. The molecule has 1 N–H and O–H groups in total. The molecule has 0 radical (unpaired) electrons. The molecule has 7 nitrogen and oxygen atoms in total. The predicted octanol–water partition coefficient (Wildman–Crippen LogP) is 3.26. The van der Waals surface area contributed by atoms with Crippen LogP contribution in [0.4, 0.5) is 5.69 Å². The summed E-state index contributed by atoms with van der Waals surface area (Å²) in [4.78, 5) is 13.8. The zero-order valence-corrected chi connectivity index (χ0v) is 17.7. The van der Waals surface area contributed by atoms with E-state index in [1.165, 1.54) is 19.2 Å². The average molecular weight is 419 g/mol. The highest BCUT2D eigenvalue weighted by atomic mass is 32.2. The lowest BCUT2D eigenvalue weighted by molar-refractivity contribution is -0.117. The number of carbonyl (C=O) groups is 1. The molecule has 2 aromatic carbocycles. The molecule has 29 heavy (non-hydrogen) atoms. The van der Waals surface area contributed by atoms with Crippen molar-refractivity contribution in [3.63, 3.8) is 0 Å². The second-order valence-corrected chi connectivity index (χ2v) is 8.55. The zero-order chi connectivity index (χ0) is 21.0. The number of hydrogen-bond donors (Lipinski definition) is 1. The highest BCUT2D eigenvalue weighted by Crippen LogP contribution is 2.34. The Labute approximate surface area is 171 Å². The molecule has 0 spiro atoms. The third-order valence-electron chi connectivity index (χ3n) is 5.05. The number of methoxy groups -OCH3 is 2. The van der Waals surface area contributed by atoms with Crippen LogP contribution in [0.3, 0.4) is 0 Å². The number of anilines is 1. The first-order chi connectivity index (χ1) is 13.9. The molecule has 0 bridgehead atoms. The summed E-state index contributed by atoms with van der Waals surface area (Å²) in [6.07, 6.45) is 1.78. The average Bonchev–Trinajstić information content (AvgIpc) is 3.17. The van der Waals surface area contributed by atoms with Crippen molar-refractivity contribution in [2.75, 3.05) is 25.7 Å². The highest BCUT2D eigenvalue weighted by molar-refractivity contribution is 7.89. The number of sulfonamides is 1. The molecule has 1 aliphatic rings. The molecule has 0 aliphatic carbocycles. The molecule has 1 aliphatic heterocycles. The van der Waals surface area contributed by atoms with Crippen LogP contribution >= 0.6 is 0 Å². The third kappa shape index (κ3) is 4.54. The smallest absolute Gasteiger partial charge is 0.241 e. The van der Waals surface area contributed by atoms with Crippen molar-refractivity contribution in [1.82, 2.24) is 4.72 Å². The summed E-state index contributed by atoms with van der Waals surface area (Å²) in [5.74, 6) is 1.15. The number of amides is 1. The first-order valence-electron chi connectivity index (χ1n) is 9.54. The number of hydrogen-bond acceptors (Lipinski definition) is 5. The van der Waals surface area contributed by atoms with Crippen molar-refractivity contribution >= 4 is 21.6 Å². The molecule has 0 saturated carbocycles. The maximum Gasteiger partial charge on any atom is 0.241 e. The molecule has 2 aromatic rings. The van der Waals surface area contributed by atoms with E-state index in [1.807, 2.05) is 19.1 Å². The number of nitrogens with zero attached hydrogens (tertiary/aromatic N) is 1. The number of nitrogens with one attached hydrogen (secondary N) is 1. The standard InChI is InChI=1S/C21H26N2O5S/c1-4-18(15-7-9-16(27-2)10-8-15)22-29(25,26)17-11-12-20(28-3)19(14-17)23-13-5-6-21(23)24/h7-12,14,18,22H,4-6,13H2,1-3H3/t18-/m0/s1. The second kappa shape index (κ2) is 8.84. The van der Waals surface area contributed by atoms with Crippen molar-refractivity contribution in [2.45, 2.75) is 37.1 Å². The summed E-state index contributed by atoms with van der Waals surface area (Å²) in [6, 6.07) is 11.5. The van der Waals surface area contributed by atoms with E-state index in [1.54, 1.807) is 30.2 Å². The molecule has 1 atom stereocenters. The van der Waals surface area contributed by atoms with Gasteiger partial charge in [0.1, 0.15) is 11.5 Å². The summed E-state index contributed by atoms with van der Waals surface area (Å²) in [7, 11) is -0.717. The van der Waals surface area contributed by atoms with Gasteiger partial charge in [-0.2, -0.15) is 0 Å². The Hall–Kier alpha value is -2.58. The van der Waals surface area contributed by atoms with Crippen LogP contribution in [0.15, 0.2) is 47.4 Å². The summed E-state index contributed by atoms with van der Waals surface area (Å²) in [5.41, 5.74) is 1.33. The molecule has 1 amide bonds. The Morgan fingerprint density at radius 3 is 2.38 bits per heavy atom. The fourth-order valence-electron chi connectivity index (χ4n) is 3.43. The fraction of sp³-hybridized carbons (Fsp3) is 0.381. The lowest BCUT2D eigenvalue weighted by atomic mass is 10.1. The molecule has 8 heteroatoms. The van der Waals surface area contributed by atoms with Crippen molar-refractivity contribution in [2.24, 2.45) is 0 Å². The quantitative estimate of drug-likeness (QED) is 0.711. The van der Waals surface area contributed by atoms with Crippen LogP contribution in [0.25, 0.3) is 0 Å². The molecule has 1 fully saturated rings. The minimum Gasteiger partial charge on any atom is -0.497 e. The second-order valence-electron chi connectivity index (χ2n) is 6.84. The molecule has 0 aromatic heterocycles. The van der Waals surface area contributed by atoms with Crippen LogP contribution < -0.4 is 19.1 Å². The Morgan fingerprint density at radius 2 is 1.83 bits per heavy atom. The SMILES string of the molecule is CC[C@H](NS(=O)(=O)c1ccc(OC)c(N2CCCC2=O)c1)c1ccc(OC)cc1. The fourth-order valence-corrected chi connectivity index (χ4v) is 4.76. The van der Waals surface area contributed by atoms with Crippen LogP contribution in [-0.2, 0) is 14.8 Å². The van der Waals surface area contributed by atoms with Crippen LogP contribution in [0, 0.1) is 0 Å². The number of rotatable bonds is 8. The third-order valence-corrected chi connectivity index (χ3v) is 6.52. The molecule has 1 heterocycles. The summed E-state index contributed by atoms with van der Waals surface area (Å²) in [5, 5.41) is 0. The van der Waals surface area contributed by atoms with Gasteiger partial charge >= 0.3 is 0 Å². The monoisotopic (exact) mass is 418 g/mol. The van der Waals surface area contributed by atoms with Crippen LogP contribution in [0.2, 0.25) is 0 Å². The lowest BCUT2D eigenvalue weighted by Gasteiger charge is -2.21. The van der Waals surface area contributed by atoms with E-state index in [2.05, 4.69) is 4.72 Å². The molecular weight excluding hydrogens is 392 g/mol. The Morgan fingerprint density at radius 1 is 1.10 bits per heavy atom. The van der Waals surface area contributed by atoms with E-state index in [9.17, 15) is 13.2 Å². The summed E-state index contributed by atoms with van der Waals surface area (Å²) >= 11 is 0. The summed E-state index contributed by atoms with van der Waals surface area (Å²) < 4.78 is 39.4. The highest BCUT2D eigenvalue weighted by Gasteiger charge is 2.27. The van der Waals surface area contributed by atoms with Gasteiger partial charge in [0.25, 0.3) is 0 Å². The largest absolute Gasteiger partial charge is 0.497 e. The van der Waals surface area contributed by atoms with Gasteiger partial charge in [-0.3, -0.25) is 4.79 Å². The first kappa shape index (κ1) is 21.1. The minimum absolute atomic E-state index is 0.0320. The van der Waals surface area contributed by atoms with Gasteiger partial charge in [0.15, 0.2) is 0 Å². The van der Waals surface area contributed by atoms with Gasteiger partial charge in [-0.25, -0.2) is 13.1 Å². The lowest BCUT2D eigenvalue weighted by Crippen LogP contribution is -2.29. The molecule has 3 rings (SSSR count). The van der Waals surface area contributed by atoms with Gasteiger partial charge in [-0.15, -0.1) is 0 Å². The van der Waals surface area contributed by atoms with Crippen LogP contribution in [0.5, 0.6) is 11.5 Å². The minimum atomic E-state index is -3.80. The topological polar surface area (TPSA) is 84.9 Å². The van der Waals surface area contributed by atoms with Gasteiger partial charge in [0.2, 0.25) is 15.9 Å². The van der Waals surface area contributed by atoms with E-state index in [-0.39, 0.29) is 16.8 Å². The normalized spacial score (nSPS) is 15.4. The van der Waals surface area contributed by atoms with E-state index in [0.29, 0.717) is 36.6 Å². The Kier molecular flexibility index (Phi) is 6.44. The van der Waals surface area contributed by atoms with E-state index in [0.717, 1.165) is 12.0 Å². The first-order valence-corrected chi connectivity index (χ1v) is 11.0. The zero-order valence-electron chi connectivity index (χ0n) is 16.8. The summed E-state index contributed by atoms with van der Waals surface area (Å²) in [6.45, 7) is 2.47.